The quantitative estimate of drug-likeness (QED) is 0.664. The van der Waals surface area contributed by atoms with E-state index in [2.05, 4.69) is 10.3 Å². The number of thiazole rings is 1. The zero-order valence-corrected chi connectivity index (χ0v) is 16.2. The molecule has 0 radical (unpaired) electrons. The van der Waals surface area contributed by atoms with Crippen molar-refractivity contribution < 1.29 is 19.0 Å². The first kappa shape index (κ1) is 18.6. The second kappa shape index (κ2) is 8.52. The summed E-state index contributed by atoms with van der Waals surface area (Å²) in [7, 11) is 0. The summed E-state index contributed by atoms with van der Waals surface area (Å²) in [6, 6.07) is 15.0. The average Bonchev–Trinajstić information content (AvgIpc) is 3.41. The molecule has 1 aliphatic heterocycles. The van der Waals surface area contributed by atoms with Crippen LogP contribution in [0.5, 0.6) is 5.75 Å². The highest BCUT2D eigenvalue weighted by molar-refractivity contribution is 7.14. The van der Waals surface area contributed by atoms with Gasteiger partial charge in [0.15, 0.2) is 11.4 Å². The minimum absolute atomic E-state index is 0.223. The molecule has 1 N–H and O–H groups in total. The number of anilines is 1. The van der Waals surface area contributed by atoms with Crippen LogP contribution in [0.1, 0.15) is 29.1 Å². The molecule has 1 aromatic heterocycles. The maximum Gasteiger partial charge on any atom is 0.257 e. The van der Waals surface area contributed by atoms with Crippen LogP contribution in [-0.2, 0) is 9.47 Å². The molecule has 4 rings (SSSR count). The first-order valence-corrected chi connectivity index (χ1v) is 9.95. The Morgan fingerprint density at radius 2 is 2.04 bits per heavy atom. The lowest BCUT2D eigenvalue weighted by atomic mass is 10.1. The molecule has 0 unspecified atom stereocenters. The van der Waals surface area contributed by atoms with Gasteiger partial charge in [-0.3, -0.25) is 10.1 Å². The molecule has 0 saturated carbocycles. The summed E-state index contributed by atoms with van der Waals surface area (Å²) in [6.07, 6.45) is -0.408. The molecule has 0 bridgehead atoms. The predicted molar refractivity (Wildman–Crippen MR) is 108 cm³/mol. The van der Waals surface area contributed by atoms with Gasteiger partial charge in [0.2, 0.25) is 0 Å². The van der Waals surface area contributed by atoms with Gasteiger partial charge >= 0.3 is 0 Å². The number of benzene rings is 2. The van der Waals surface area contributed by atoms with Crippen molar-refractivity contribution in [1.82, 2.24) is 4.98 Å². The van der Waals surface area contributed by atoms with E-state index < -0.39 is 6.29 Å². The van der Waals surface area contributed by atoms with E-state index in [9.17, 15) is 4.79 Å². The highest BCUT2D eigenvalue weighted by atomic mass is 32.1. The first-order chi connectivity index (χ1) is 13.7. The van der Waals surface area contributed by atoms with Crippen molar-refractivity contribution >= 4 is 22.4 Å². The Morgan fingerprint density at radius 3 is 2.86 bits per heavy atom. The van der Waals surface area contributed by atoms with Gasteiger partial charge in [-0.25, -0.2) is 4.98 Å². The predicted octanol–water partition coefficient (Wildman–Crippen LogP) is 4.51. The minimum atomic E-state index is -0.408. The Hall–Kier alpha value is -2.74. The number of ether oxygens (including phenoxy) is 3. The molecule has 6 nitrogen and oxygen atoms in total. The Morgan fingerprint density at radius 1 is 1.21 bits per heavy atom. The molecule has 1 saturated heterocycles. The molecular formula is C21H20N2O4S. The van der Waals surface area contributed by atoms with Gasteiger partial charge in [0.25, 0.3) is 5.91 Å². The molecule has 1 aliphatic rings. The lowest BCUT2D eigenvalue weighted by Crippen LogP contribution is -2.12. The second-order valence-electron chi connectivity index (χ2n) is 6.12. The summed E-state index contributed by atoms with van der Waals surface area (Å²) in [6.45, 7) is 3.65. The Bertz CT molecular complexity index is 966. The molecule has 1 fully saturated rings. The van der Waals surface area contributed by atoms with E-state index >= 15 is 0 Å². The van der Waals surface area contributed by atoms with Gasteiger partial charge in [-0.2, -0.15) is 0 Å². The average molecular weight is 396 g/mol. The van der Waals surface area contributed by atoms with Crippen molar-refractivity contribution in [3.8, 4) is 17.0 Å². The van der Waals surface area contributed by atoms with Gasteiger partial charge in [-0.05, 0) is 31.2 Å². The summed E-state index contributed by atoms with van der Waals surface area (Å²) < 4.78 is 16.7. The van der Waals surface area contributed by atoms with Crippen molar-refractivity contribution in [3.63, 3.8) is 0 Å². The number of para-hydroxylation sites is 1. The third-order valence-corrected chi connectivity index (χ3v) is 4.99. The van der Waals surface area contributed by atoms with Gasteiger partial charge in [-0.15, -0.1) is 11.3 Å². The zero-order valence-electron chi connectivity index (χ0n) is 15.4. The Kier molecular flexibility index (Phi) is 5.66. The van der Waals surface area contributed by atoms with Gasteiger partial charge in [0.1, 0.15) is 5.75 Å². The van der Waals surface area contributed by atoms with Crippen molar-refractivity contribution in [2.45, 2.75) is 13.2 Å². The normalized spacial score (nSPS) is 14.2. The number of carbonyl (C=O) groups is 1. The van der Waals surface area contributed by atoms with Gasteiger partial charge < -0.3 is 14.2 Å². The third-order valence-electron chi connectivity index (χ3n) is 4.23. The van der Waals surface area contributed by atoms with Crippen molar-refractivity contribution in [2.75, 3.05) is 25.1 Å². The number of hydrogen-bond acceptors (Lipinski definition) is 6. The van der Waals surface area contributed by atoms with Crippen LogP contribution in [0, 0.1) is 0 Å². The molecule has 0 spiro atoms. The monoisotopic (exact) mass is 396 g/mol. The number of rotatable bonds is 6. The van der Waals surface area contributed by atoms with Crippen LogP contribution in [-0.4, -0.2) is 30.7 Å². The first-order valence-electron chi connectivity index (χ1n) is 9.07. The summed E-state index contributed by atoms with van der Waals surface area (Å²) in [4.78, 5) is 17.2. The van der Waals surface area contributed by atoms with Gasteiger partial charge in [0, 0.05) is 22.1 Å². The second-order valence-corrected chi connectivity index (χ2v) is 6.98. The Labute approximate surface area is 167 Å². The molecule has 0 aliphatic carbocycles. The van der Waals surface area contributed by atoms with Crippen molar-refractivity contribution in [1.29, 1.82) is 0 Å². The largest absolute Gasteiger partial charge is 0.493 e. The smallest absolute Gasteiger partial charge is 0.257 e. The van der Waals surface area contributed by atoms with Crippen LogP contribution in [0.2, 0.25) is 0 Å². The SMILES string of the molecule is CCOc1ccccc1-c1csc(NC(=O)c2cccc(C3OCCO3)c2)n1. The highest BCUT2D eigenvalue weighted by Gasteiger charge is 2.20. The van der Waals surface area contributed by atoms with E-state index in [-0.39, 0.29) is 5.91 Å². The lowest BCUT2D eigenvalue weighted by molar-refractivity contribution is -0.0441. The topological polar surface area (TPSA) is 69.7 Å². The highest BCUT2D eigenvalue weighted by Crippen LogP contribution is 2.32. The van der Waals surface area contributed by atoms with Crippen LogP contribution >= 0.6 is 11.3 Å². The van der Waals surface area contributed by atoms with E-state index in [4.69, 9.17) is 14.2 Å². The summed E-state index contributed by atoms with van der Waals surface area (Å²) in [5, 5.41) is 5.30. The summed E-state index contributed by atoms with van der Waals surface area (Å²) >= 11 is 1.38. The fourth-order valence-electron chi connectivity index (χ4n) is 2.96. The van der Waals surface area contributed by atoms with Crippen LogP contribution < -0.4 is 10.1 Å². The van der Waals surface area contributed by atoms with E-state index in [1.54, 1.807) is 12.1 Å². The number of hydrogen-bond donors (Lipinski definition) is 1. The number of amides is 1. The van der Waals surface area contributed by atoms with E-state index in [1.807, 2.05) is 48.7 Å². The van der Waals surface area contributed by atoms with E-state index in [0.717, 1.165) is 22.6 Å². The van der Waals surface area contributed by atoms with E-state index in [1.165, 1.54) is 11.3 Å². The molecule has 2 heterocycles. The maximum atomic E-state index is 12.6. The summed E-state index contributed by atoms with van der Waals surface area (Å²) in [5.74, 6) is 0.552. The molecule has 7 heteroatoms. The number of aromatic nitrogens is 1. The molecule has 2 aromatic carbocycles. The summed E-state index contributed by atoms with van der Waals surface area (Å²) in [5.41, 5.74) is 3.03. The van der Waals surface area contributed by atoms with Crippen LogP contribution in [0.15, 0.2) is 53.9 Å². The van der Waals surface area contributed by atoms with Crippen LogP contribution in [0.4, 0.5) is 5.13 Å². The van der Waals surface area contributed by atoms with Gasteiger partial charge in [0.05, 0.1) is 25.5 Å². The standard InChI is InChI=1S/C21H20N2O4S/c1-2-25-18-9-4-3-8-16(18)17-13-28-21(22-17)23-19(24)14-6-5-7-15(12-14)20-26-10-11-27-20/h3-9,12-13,20H,2,10-11H2,1H3,(H,22,23,24). The van der Waals surface area contributed by atoms with Gasteiger partial charge in [-0.1, -0.05) is 24.3 Å². The van der Waals surface area contributed by atoms with Crippen molar-refractivity contribution in [3.05, 3.63) is 65.0 Å². The fourth-order valence-corrected chi connectivity index (χ4v) is 3.67. The number of nitrogens with one attached hydrogen (secondary N) is 1. The molecule has 1 amide bonds. The third kappa shape index (κ3) is 4.06. The molecule has 144 valence electrons. The molecular weight excluding hydrogens is 376 g/mol. The van der Waals surface area contributed by atoms with Crippen molar-refractivity contribution in [2.24, 2.45) is 0 Å². The van der Waals surface area contributed by atoms with Crippen LogP contribution in [0.25, 0.3) is 11.3 Å². The molecule has 0 atom stereocenters. The molecule has 3 aromatic rings. The number of carbonyl (C=O) groups excluding carboxylic acids is 1. The van der Waals surface area contributed by atoms with E-state index in [0.29, 0.717) is 30.5 Å². The minimum Gasteiger partial charge on any atom is -0.493 e. The van der Waals surface area contributed by atoms with Crippen LogP contribution in [0.3, 0.4) is 0 Å². The number of nitrogens with zero attached hydrogens (tertiary/aromatic N) is 1. The maximum absolute atomic E-state index is 12.6. The Balaban J connectivity index is 1.50. The molecule has 28 heavy (non-hydrogen) atoms. The zero-order chi connectivity index (χ0) is 19.3. The lowest BCUT2D eigenvalue weighted by Gasteiger charge is -2.10. The fraction of sp³-hybridized carbons (Fsp3) is 0.238.